The molecule has 0 unspecified atom stereocenters. The molecule has 4 atom stereocenters. The molecule has 4 heterocycles. The van der Waals surface area contributed by atoms with Crippen LogP contribution in [0.15, 0.2) is 55.1 Å². The number of rotatable bonds is 9. The standard InChI is InChI=1S/C20H24N4OS.C14H20N4O.C2H6S/c21-20-17-7-6-15(19(17)22-13-23-20)8-24-9-16(18(25)10-24)12-26-11-14-4-2-1-3-5-14;1-2-9-5-18(7-12(9)19)6-10-3-4-11-13(10)16-8-17-14(11)15;1-3-2/h1-6,13,16,18,25H,7-12H2,(H2,21,22,23);3,8-9,12,19H,2,4-7H2,1H3,(H2,15,16,17);1-2H3/t16-,18-;9-,12+;/m10./s1. The van der Waals surface area contributed by atoms with Crippen molar-refractivity contribution in [2.24, 2.45) is 11.8 Å². The lowest BCUT2D eigenvalue weighted by molar-refractivity contribution is 0.141. The predicted octanol–water partition coefficient (Wildman–Crippen LogP) is 3.90. The molecule has 0 saturated carbocycles. The molecule has 6 N–H and O–H groups in total. The number of β-amino-alcohol motifs (C(OH)–C–C–N with tert-alkyl or cyclic N) is 2. The van der Waals surface area contributed by atoms with E-state index in [1.165, 1.54) is 29.4 Å². The van der Waals surface area contributed by atoms with Gasteiger partial charge in [-0.15, -0.1) is 0 Å². The Bertz CT molecular complexity index is 1560. The largest absolute Gasteiger partial charge is 0.391 e. The first-order valence-electron chi connectivity index (χ1n) is 16.7. The van der Waals surface area contributed by atoms with E-state index < -0.39 is 0 Å². The third-order valence-corrected chi connectivity index (χ3v) is 10.6. The minimum Gasteiger partial charge on any atom is -0.391 e. The van der Waals surface area contributed by atoms with Crippen LogP contribution in [0.3, 0.4) is 0 Å². The van der Waals surface area contributed by atoms with Crippen LogP contribution in [-0.4, -0.2) is 110 Å². The number of aliphatic hydroxyl groups is 2. The third kappa shape index (κ3) is 9.16. The van der Waals surface area contributed by atoms with Gasteiger partial charge in [0.1, 0.15) is 24.3 Å². The number of likely N-dealkylation sites (tertiary alicyclic amines) is 2. The summed E-state index contributed by atoms with van der Waals surface area (Å²) < 4.78 is 0. The van der Waals surface area contributed by atoms with E-state index in [2.05, 4.69) is 73.1 Å². The van der Waals surface area contributed by atoms with Crippen LogP contribution < -0.4 is 11.5 Å². The fourth-order valence-corrected chi connectivity index (χ4v) is 8.00. The molecule has 7 rings (SSSR count). The van der Waals surface area contributed by atoms with Gasteiger partial charge in [-0.3, -0.25) is 9.80 Å². The van der Waals surface area contributed by atoms with Gasteiger partial charge >= 0.3 is 0 Å². The van der Waals surface area contributed by atoms with Crippen LogP contribution in [0.2, 0.25) is 0 Å². The molecule has 1 aromatic carbocycles. The van der Waals surface area contributed by atoms with Gasteiger partial charge in [0.2, 0.25) is 0 Å². The summed E-state index contributed by atoms with van der Waals surface area (Å²) in [5, 5.41) is 20.4. The maximum Gasteiger partial charge on any atom is 0.130 e. The van der Waals surface area contributed by atoms with Crippen molar-refractivity contribution in [1.82, 2.24) is 29.7 Å². The van der Waals surface area contributed by atoms with E-state index in [1.54, 1.807) is 11.8 Å². The number of thioether (sulfide) groups is 2. The van der Waals surface area contributed by atoms with Gasteiger partial charge in [0.05, 0.1) is 23.6 Å². The second-order valence-electron chi connectivity index (χ2n) is 12.9. The third-order valence-electron chi connectivity index (χ3n) is 9.39. The molecular weight excluding hydrogens is 641 g/mol. The number of anilines is 2. The average molecular weight is 691 g/mol. The second-order valence-corrected chi connectivity index (χ2v) is 14.7. The van der Waals surface area contributed by atoms with Gasteiger partial charge in [0.25, 0.3) is 0 Å². The number of hydrogen-bond donors (Lipinski definition) is 4. The highest BCUT2D eigenvalue weighted by Gasteiger charge is 2.33. The Morgan fingerprint density at radius 2 is 1.25 bits per heavy atom. The molecule has 2 fully saturated rings. The number of nitrogen functional groups attached to an aromatic ring is 2. The molecule has 3 aromatic rings. The smallest absolute Gasteiger partial charge is 0.130 e. The summed E-state index contributed by atoms with van der Waals surface area (Å²) in [6.07, 6.45) is 13.7. The van der Waals surface area contributed by atoms with Gasteiger partial charge < -0.3 is 21.7 Å². The van der Waals surface area contributed by atoms with Crippen molar-refractivity contribution < 1.29 is 10.2 Å². The molecule has 2 aliphatic carbocycles. The summed E-state index contributed by atoms with van der Waals surface area (Å²) in [5.41, 5.74) is 19.6. The van der Waals surface area contributed by atoms with Crippen LogP contribution >= 0.6 is 23.5 Å². The molecule has 258 valence electrons. The fraction of sp³-hybridized carbons (Fsp3) is 0.500. The number of aliphatic hydroxyl groups excluding tert-OH is 2. The Morgan fingerprint density at radius 3 is 1.75 bits per heavy atom. The van der Waals surface area contributed by atoms with Gasteiger partial charge in [0.15, 0.2) is 0 Å². The van der Waals surface area contributed by atoms with E-state index in [9.17, 15) is 10.2 Å². The predicted molar refractivity (Wildman–Crippen MR) is 200 cm³/mol. The molecule has 0 radical (unpaired) electrons. The summed E-state index contributed by atoms with van der Waals surface area (Å²) in [6.45, 7) is 7.17. The first kappa shape index (κ1) is 36.3. The molecule has 48 heavy (non-hydrogen) atoms. The lowest BCUT2D eigenvalue weighted by Crippen LogP contribution is -2.24. The maximum absolute atomic E-state index is 10.4. The number of fused-ring (bicyclic) bond motifs is 2. The molecule has 0 bridgehead atoms. The minimum atomic E-state index is -0.254. The van der Waals surface area contributed by atoms with Crippen LogP contribution in [0.4, 0.5) is 11.6 Å². The van der Waals surface area contributed by atoms with Crippen LogP contribution in [0.1, 0.15) is 41.4 Å². The summed E-state index contributed by atoms with van der Waals surface area (Å²) in [6, 6.07) is 10.5. The van der Waals surface area contributed by atoms with E-state index in [4.69, 9.17) is 11.5 Å². The van der Waals surface area contributed by atoms with Gasteiger partial charge in [-0.1, -0.05) is 49.4 Å². The van der Waals surface area contributed by atoms with Gasteiger partial charge in [-0.25, -0.2) is 19.9 Å². The summed E-state index contributed by atoms with van der Waals surface area (Å²) in [4.78, 5) is 21.5. The Kier molecular flexibility index (Phi) is 13.3. The summed E-state index contributed by atoms with van der Waals surface area (Å²) in [5.74, 6) is 3.87. The van der Waals surface area contributed by atoms with E-state index >= 15 is 0 Å². The Labute approximate surface area is 293 Å². The number of nitrogens with two attached hydrogens (primary N) is 2. The topological polar surface area (TPSA) is 151 Å². The van der Waals surface area contributed by atoms with Crippen molar-refractivity contribution >= 4 is 46.3 Å². The molecular formula is C36H50N8O2S2. The van der Waals surface area contributed by atoms with E-state index in [1.807, 2.05) is 30.3 Å². The number of hydrogen-bond acceptors (Lipinski definition) is 12. The van der Waals surface area contributed by atoms with Crippen molar-refractivity contribution in [1.29, 1.82) is 0 Å². The monoisotopic (exact) mass is 690 g/mol. The van der Waals surface area contributed by atoms with Gasteiger partial charge in [-0.2, -0.15) is 23.5 Å². The molecule has 2 saturated heterocycles. The molecule has 4 aliphatic rings. The maximum atomic E-state index is 10.4. The highest BCUT2D eigenvalue weighted by atomic mass is 32.2. The zero-order chi connectivity index (χ0) is 34.0. The minimum absolute atomic E-state index is 0.193. The lowest BCUT2D eigenvalue weighted by atomic mass is 10.0. The zero-order valence-corrected chi connectivity index (χ0v) is 30.0. The van der Waals surface area contributed by atoms with Crippen LogP contribution in [0.25, 0.3) is 11.1 Å². The summed E-state index contributed by atoms with van der Waals surface area (Å²) >= 11 is 3.65. The van der Waals surface area contributed by atoms with Crippen molar-refractivity contribution in [3.63, 3.8) is 0 Å². The van der Waals surface area contributed by atoms with Crippen molar-refractivity contribution in [3.8, 4) is 0 Å². The molecule has 10 nitrogen and oxygen atoms in total. The highest BCUT2D eigenvalue weighted by Crippen LogP contribution is 2.32. The molecule has 2 aliphatic heterocycles. The van der Waals surface area contributed by atoms with Crippen molar-refractivity contribution in [2.75, 3.05) is 69.0 Å². The normalized spacial score (nSPS) is 23.0. The van der Waals surface area contributed by atoms with Crippen LogP contribution in [-0.2, 0) is 18.6 Å². The first-order chi connectivity index (χ1) is 23.3. The van der Waals surface area contributed by atoms with Gasteiger partial charge in [-0.05, 0) is 54.4 Å². The van der Waals surface area contributed by atoms with Crippen LogP contribution in [0.5, 0.6) is 0 Å². The molecule has 2 aromatic heterocycles. The van der Waals surface area contributed by atoms with E-state index in [0.29, 0.717) is 23.5 Å². The Morgan fingerprint density at radius 1 is 0.750 bits per heavy atom. The lowest BCUT2D eigenvalue weighted by Gasteiger charge is -2.16. The number of aromatic nitrogens is 4. The van der Waals surface area contributed by atoms with E-state index in [0.717, 1.165) is 92.6 Å². The highest BCUT2D eigenvalue weighted by molar-refractivity contribution is 7.98. The zero-order valence-electron chi connectivity index (χ0n) is 28.3. The number of nitrogens with zero attached hydrogens (tertiary/aromatic N) is 6. The van der Waals surface area contributed by atoms with E-state index in [-0.39, 0.29) is 12.2 Å². The van der Waals surface area contributed by atoms with Crippen LogP contribution in [0, 0.1) is 11.8 Å². The van der Waals surface area contributed by atoms with Gasteiger partial charge in [0, 0.05) is 67.8 Å². The molecule has 12 heteroatoms. The first-order valence-corrected chi connectivity index (χ1v) is 19.5. The summed E-state index contributed by atoms with van der Waals surface area (Å²) in [7, 11) is 0. The van der Waals surface area contributed by atoms with Crippen molar-refractivity contribution in [2.45, 2.75) is 44.1 Å². The quantitative estimate of drug-likeness (QED) is 0.258. The molecule has 0 spiro atoms. The average Bonchev–Trinajstić information content (AvgIpc) is 3.86. The number of allylic oxidation sites excluding steroid dienone is 2. The molecule has 0 amide bonds. The second kappa shape index (κ2) is 17.6. The fourth-order valence-electron chi connectivity index (χ4n) is 6.82. The SMILES string of the molecule is CC[C@H]1CN(CC2=CCc3c(N)ncnc32)C[C@H]1O.CSC.Nc1ncnc2c1CC=C2CN1C[C@H](CSCc2ccccc2)[C@H](O)C1. The Hall–Kier alpha value is -3.00. The number of benzene rings is 1. The Balaban J connectivity index is 0.000000181. The van der Waals surface area contributed by atoms with Crippen molar-refractivity contribution in [3.05, 3.63) is 83.2 Å².